The Bertz CT molecular complexity index is 226. The number of aliphatic hydroxyl groups is 2. The van der Waals surface area contributed by atoms with E-state index in [0.717, 1.165) is 0 Å². The zero-order chi connectivity index (χ0) is 11.4. The van der Waals surface area contributed by atoms with E-state index in [1.54, 1.807) is 13.8 Å². The first-order valence-electron chi connectivity index (χ1n) is 4.43. The van der Waals surface area contributed by atoms with Gasteiger partial charge in [-0.3, -0.25) is 4.79 Å². The van der Waals surface area contributed by atoms with Crippen LogP contribution in [0.2, 0.25) is 0 Å². The minimum atomic E-state index is -1.05. The van der Waals surface area contributed by atoms with Crippen molar-refractivity contribution in [1.29, 1.82) is 5.41 Å². The molecule has 4 N–H and O–H groups in total. The lowest BCUT2D eigenvalue weighted by Gasteiger charge is -2.24. The molecule has 0 bridgehead atoms. The number of rotatable bonds is 5. The van der Waals surface area contributed by atoms with Crippen molar-refractivity contribution in [1.82, 2.24) is 5.32 Å². The van der Waals surface area contributed by atoms with Gasteiger partial charge in [0.15, 0.2) is 0 Å². The second-order valence-corrected chi connectivity index (χ2v) is 3.94. The van der Waals surface area contributed by atoms with E-state index in [0.29, 0.717) is 0 Å². The highest BCUT2D eigenvalue weighted by atomic mass is 16.3. The van der Waals surface area contributed by atoms with E-state index >= 15 is 0 Å². The lowest BCUT2D eigenvalue weighted by Crippen LogP contribution is -2.38. The Morgan fingerprint density at radius 3 is 2.43 bits per heavy atom. The van der Waals surface area contributed by atoms with Gasteiger partial charge in [-0.2, -0.15) is 0 Å². The predicted octanol–water partition coefficient (Wildman–Crippen LogP) is -0.131. The van der Waals surface area contributed by atoms with Gasteiger partial charge in [-0.15, -0.1) is 0 Å². The molecule has 0 radical (unpaired) electrons. The highest BCUT2D eigenvalue weighted by molar-refractivity contribution is 5.87. The molecule has 1 amide bonds. The van der Waals surface area contributed by atoms with Gasteiger partial charge in [0, 0.05) is 24.5 Å². The van der Waals surface area contributed by atoms with Gasteiger partial charge >= 0.3 is 0 Å². The largest absolute Gasteiger partial charge is 0.395 e. The summed E-state index contributed by atoms with van der Waals surface area (Å²) in [4.78, 5) is 10.6. The zero-order valence-corrected chi connectivity index (χ0v) is 8.79. The highest BCUT2D eigenvalue weighted by Gasteiger charge is 2.24. The van der Waals surface area contributed by atoms with Gasteiger partial charge in [-0.1, -0.05) is 13.8 Å². The van der Waals surface area contributed by atoms with E-state index in [-0.39, 0.29) is 24.6 Å². The summed E-state index contributed by atoms with van der Waals surface area (Å²) in [5.74, 6) is -0.341. The monoisotopic (exact) mass is 202 g/mol. The highest BCUT2D eigenvalue weighted by Crippen LogP contribution is 2.18. The Labute approximate surface area is 83.6 Å². The number of carbonyl (C=O) groups is 1. The zero-order valence-electron chi connectivity index (χ0n) is 8.79. The molecule has 0 aromatic rings. The van der Waals surface area contributed by atoms with E-state index in [9.17, 15) is 9.90 Å². The number of hydrogen-bond acceptors (Lipinski definition) is 4. The summed E-state index contributed by atoms with van der Waals surface area (Å²) >= 11 is 0. The first-order valence-corrected chi connectivity index (χ1v) is 4.43. The standard InChI is InChI=1S/C9H18N2O3/c1-6(13)11-8(14)4-7(10)9(2,3)5-12/h8,10,12,14H,4-5H2,1-3H3,(H,11,13). The third-order valence-corrected chi connectivity index (χ3v) is 1.98. The number of hydrogen-bond donors (Lipinski definition) is 4. The second kappa shape index (κ2) is 5.07. The maximum Gasteiger partial charge on any atom is 0.218 e. The van der Waals surface area contributed by atoms with Crippen LogP contribution in [-0.2, 0) is 4.79 Å². The summed E-state index contributed by atoms with van der Waals surface area (Å²) in [6, 6.07) is 0. The van der Waals surface area contributed by atoms with Gasteiger partial charge < -0.3 is 20.9 Å². The summed E-state index contributed by atoms with van der Waals surface area (Å²) in [5.41, 5.74) is -0.444. The lowest BCUT2D eigenvalue weighted by molar-refractivity contribution is -0.121. The van der Waals surface area contributed by atoms with Crippen molar-refractivity contribution >= 4 is 11.6 Å². The van der Waals surface area contributed by atoms with E-state index in [4.69, 9.17) is 10.5 Å². The maximum atomic E-state index is 10.6. The van der Waals surface area contributed by atoms with Crippen molar-refractivity contribution in [3.63, 3.8) is 0 Å². The molecule has 14 heavy (non-hydrogen) atoms. The van der Waals surface area contributed by atoms with E-state index in [2.05, 4.69) is 5.32 Å². The second-order valence-electron chi connectivity index (χ2n) is 3.94. The molecule has 1 atom stereocenters. The van der Waals surface area contributed by atoms with Crippen molar-refractivity contribution in [2.75, 3.05) is 6.61 Å². The van der Waals surface area contributed by atoms with Gasteiger partial charge in [0.1, 0.15) is 6.23 Å². The van der Waals surface area contributed by atoms with Crippen molar-refractivity contribution in [3.05, 3.63) is 0 Å². The summed E-state index contributed by atoms with van der Waals surface area (Å²) in [6.07, 6.45) is -1.02. The number of amides is 1. The van der Waals surface area contributed by atoms with Crippen LogP contribution in [-0.4, -0.2) is 34.7 Å². The molecule has 0 saturated carbocycles. The Morgan fingerprint density at radius 2 is 2.07 bits per heavy atom. The van der Waals surface area contributed by atoms with Crippen LogP contribution in [0, 0.1) is 10.8 Å². The smallest absolute Gasteiger partial charge is 0.218 e. The van der Waals surface area contributed by atoms with Crippen molar-refractivity contribution in [3.8, 4) is 0 Å². The molecule has 0 fully saturated rings. The first-order chi connectivity index (χ1) is 6.29. The fourth-order valence-corrected chi connectivity index (χ4v) is 0.851. The van der Waals surface area contributed by atoms with Crippen LogP contribution in [0.5, 0.6) is 0 Å². The third-order valence-electron chi connectivity index (χ3n) is 1.98. The summed E-state index contributed by atoms with van der Waals surface area (Å²) in [6.45, 7) is 4.55. The Kier molecular flexibility index (Phi) is 4.73. The molecule has 0 spiro atoms. The van der Waals surface area contributed by atoms with Crippen LogP contribution < -0.4 is 5.32 Å². The SMILES string of the molecule is CC(=O)NC(O)CC(=N)C(C)(C)CO. The molecule has 0 rings (SSSR count). The average molecular weight is 202 g/mol. The maximum absolute atomic E-state index is 10.6. The quantitative estimate of drug-likeness (QED) is 0.369. The van der Waals surface area contributed by atoms with Crippen LogP contribution >= 0.6 is 0 Å². The van der Waals surface area contributed by atoms with Crippen LogP contribution in [0.15, 0.2) is 0 Å². The fourth-order valence-electron chi connectivity index (χ4n) is 0.851. The van der Waals surface area contributed by atoms with E-state index in [1.807, 2.05) is 0 Å². The van der Waals surface area contributed by atoms with Crippen LogP contribution in [0.4, 0.5) is 0 Å². The Hall–Kier alpha value is -0.940. The number of carbonyl (C=O) groups excluding carboxylic acids is 1. The molecule has 5 heteroatoms. The Balaban J connectivity index is 4.12. The first kappa shape index (κ1) is 13.1. The van der Waals surface area contributed by atoms with Crippen LogP contribution in [0.1, 0.15) is 27.2 Å². The van der Waals surface area contributed by atoms with E-state index in [1.165, 1.54) is 6.92 Å². The summed E-state index contributed by atoms with van der Waals surface area (Å²) < 4.78 is 0. The van der Waals surface area contributed by atoms with E-state index < -0.39 is 11.6 Å². The molecule has 0 aliphatic rings. The van der Waals surface area contributed by atoms with Crippen LogP contribution in [0.25, 0.3) is 0 Å². The minimum Gasteiger partial charge on any atom is -0.395 e. The number of aliphatic hydroxyl groups excluding tert-OH is 2. The normalized spacial score (nSPS) is 13.5. The molecule has 0 aromatic heterocycles. The van der Waals surface area contributed by atoms with Crippen molar-refractivity contribution in [2.45, 2.75) is 33.4 Å². The van der Waals surface area contributed by atoms with Gasteiger partial charge in [0.2, 0.25) is 5.91 Å². The molecule has 0 aromatic carbocycles. The fraction of sp³-hybridized carbons (Fsp3) is 0.778. The average Bonchev–Trinajstić information content (AvgIpc) is 2.02. The summed E-state index contributed by atoms with van der Waals surface area (Å²) in [5, 5.41) is 28.1. The lowest BCUT2D eigenvalue weighted by atomic mass is 9.86. The molecule has 5 nitrogen and oxygen atoms in total. The summed E-state index contributed by atoms with van der Waals surface area (Å²) in [7, 11) is 0. The van der Waals surface area contributed by atoms with Gasteiger partial charge in [0.25, 0.3) is 0 Å². The predicted molar refractivity (Wildman–Crippen MR) is 53.0 cm³/mol. The molecule has 0 aliphatic carbocycles. The molecule has 0 aliphatic heterocycles. The number of nitrogens with one attached hydrogen (secondary N) is 2. The molecule has 1 unspecified atom stereocenters. The van der Waals surface area contributed by atoms with Gasteiger partial charge in [-0.25, -0.2) is 0 Å². The third kappa shape index (κ3) is 4.34. The van der Waals surface area contributed by atoms with Crippen molar-refractivity contribution < 1.29 is 15.0 Å². The van der Waals surface area contributed by atoms with Gasteiger partial charge in [0.05, 0.1) is 6.61 Å². The van der Waals surface area contributed by atoms with Gasteiger partial charge in [-0.05, 0) is 0 Å². The molecular weight excluding hydrogens is 184 g/mol. The molecular formula is C9H18N2O3. The Morgan fingerprint density at radius 1 is 1.57 bits per heavy atom. The minimum absolute atomic E-state index is 0.0349. The van der Waals surface area contributed by atoms with Crippen molar-refractivity contribution in [2.24, 2.45) is 5.41 Å². The topological polar surface area (TPSA) is 93.4 Å². The molecule has 82 valence electrons. The molecule has 0 heterocycles. The van der Waals surface area contributed by atoms with Crippen LogP contribution in [0.3, 0.4) is 0 Å². The molecule has 0 saturated heterocycles.